The molecule has 5 nitrogen and oxygen atoms in total. The van der Waals surface area contributed by atoms with E-state index in [9.17, 15) is 14.0 Å². The zero-order chi connectivity index (χ0) is 21.0. The Labute approximate surface area is 169 Å². The van der Waals surface area contributed by atoms with Crippen molar-refractivity contribution in [2.24, 2.45) is 5.92 Å². The lowest BCUT2D eigenvalue weighted by Crippen LogP contribution is -2.34. The maximum absolute atomic E-state index is 13.7. The molecule has 0 radical (unpaired) electrons. The van der Waals surface area contributed by atoms with Gasteiger partial charge in [0.15, 0.2) is 5.78 Å². The number of ketones is 1. The highest BCUT2D eigenvalue weighted by Crippen LogP contribution is 2.44. The second-order valence-corrected chi connectivity index (χ2v) is 6.73. The fourth-order valence-electron chi connectivity index (χ4n) is 3.69. The Kier molecular flexibility index (Phi) is 6.32. The van der Waals surface area contributed by atoms with E-state index < -0.39 is 17.8 Å². The molecule has 152 valence electrons. The van der Waals surface area contributed by atoms with Crippen molar-refractivity contribution in [2.75, 3.05) is 20.8 Å². The van der Waals surface area contributed by atoms with E-state index in [0.717, 1.165) is 0 Å². The van der Waals surface area contributed by atoms with Gasteiger partial charge in [0.1, 0.15) is 23.2 Å². The van der Waals surface area contributed by atoms with Crippen LogP contribution in [-0.2, 0) is 14.3 Å². The lowest BCUT2D eigenvalue weighted by atomic mass is 9.73. The van der Waals surface area contributed by atoms with Crippen molar-refractivity contribution in [2.45, 2.75) is 19.3 Å². The van der Waals surface area contributed by atoms with Crippen LogP contribution >= 0.6 is 0 Å². The molecule has 0 bridgehead atoms. The van der Waals surface area contributed by atoms with Gasteiger partial charge in [-0.25, -0.2) is 4.39 Å². The summed E-state index contributed by atoms with van der Waals surface area (Å²) >= 11 is 0. The van der Waals surface area contributed by atoms with Gasteiger partial charge in [-0.2, -0.15) is 0 Å². The van der Waals surface area contributed by atoms with Crippen LogP contribution in [0.1, 0.15) is 30.4 Å². The van der Waals surface area contributed by atoms with Crippen LogP contribution in [0.2, 0.25) is 0 Å². The molecule has 6 heteroatoms. The van der Waals surface area contributed by atoms with Crippen LogP contribution in [0, 0.1) is 11.7 Å². The van der Waals surface area contributed by atoms with Crippen molar-refractivity contribution in [3.63, 3.8) is 0 Å². The highest BCUT2D eigenvalue weighted by atomic mass is 19.1. The molecule has 0 amide bonds. The molecule has 29 heavy (non-hydrogen) atoms. The van der Waals surface area contributed by atoms with Crippen LogP contribution in [-0.4, -0.2) is 32.6 Å². The van der Waals surface area contributed by atoms with Gasteiger partial charge in [0, 0.05) is 11.5 Å². The van der Waals surface area contributed by atoms with Gasteiger partial charge in [-0.15, -0.1) is 0 Å². The summed E-state index contributed by atoms with van der Waals surface area (Å²) in [4.78, 5) is 25.6. The predicted molar refractivity (Wildman–Crippen MR) is 106 cm³/mol. The van der Waals surface area contributed by atoms with Gasteiger partial charge in [-0.05, 0) is 60.9 Å². The molecule has 1 aliphatic carbocycles. The number of hydrogen-bond donors (Lipinski definition) is 0. The summed E-state index contributed by atoms with van der Waals surface area (Å²) in [6.45, 7) is 1.87. The normalized spacial score (nSPS) is 18.8. The number of methoxy groups -OCH3 is 2. The van der Waals surface area contributed by atoms with Gasteiger partial charge < -0.3 is 14.2 Å². The number of allylic oxidation sites excluding steroid dienone is 2. The number of halogens is 1. The summed E-state index contributed by atoms with van der Waals surface area (Å²) in [5.74, 6) is -1.76. The van der Waals surface area contributed by atoms with E-state index in [0.29, 0.717) is 34.6 Å². The van der Waals surface area contributed by atoms with Gasteiger partial charge in [0.2, 0.25) is 0 Å². The molecule has 2 atom stereocenters. The van der Waals surface area contributed by atoms with Crippen molar-refractivity contribution >= 4 is 17.3 Å². The van der Waals surface area contributed by atoms with E-state index >= 15 is 0 Å². The molecule has 0 fully saturated rings. The van der Waals surface area contributed by atoms with E-state index in [4.69, 9.17) is 14.2 Å². The van der Waals surface area contributed by atoms with E-state index in [1.54, 1.807) is 44.4 Å². The second kappa shape index (κ2) is 8.90. The Morgan fingerprint density at radius 1 is 1.14 bits per heavy atom. The topological polar surface area (TPSA) is 61.8 Å². The Morgan fingerprint density at radius 3 is 2.59 bits per heavy atom. The minimum atomic E-state index is -1.01. The number of carbonyl (C=O) groups excluding carboxylic acids is 2. The average molecular weight is 398 g/mol. The van der Waals surface area contributed by atoms with Crippen molar-refractivity contribution in [3.8, 4) is 11.5 Å². The molecular weight excluding hydrogens is 375 g/mol. The van der Waals surface area contributed by atoms with Crippen molar-refractivity contribution in [1.29, 1.82) is 0 Å². The van der Waals surface area contributed by atoms with Crippen molar-refractivity contribution in [3.05, 3.63) is 65.5 Å². The summed E-state index contributed by atoms with van der Waals surface area (Å²) in [5.41, 5.74) is 1.93. The average Bonchev–Trinajstić information content (AvgIpc) is 2.72. The Morgan fingerprint density at radius 2 is 1.93 bits per heavy atom. The van der Waals surface area contributed by atoms with Crippen molar-refractivity contribution in [1.82, 2.24) is 0 Å². The van der Waals surface area contributed by atoms with E-state index in [-0.39, 0.29) is 18.2 Å². The monoisotopic (exact) mass is 398 g/mol. The van der Waals surface area contributed by atoms with E-state index in [1.807, 2.05) is 0 Å². The minimum Gasteiger partial charge on any atom is -0.497 e. The Balaban J connectivity index is 2.12. The maximum Gasteiger partial charge on any atom is 0.317 e. The van der Waals surface area contributed by atoms with Gasteiger partial charge in [0.05, 0.1) is 20.8 Å². The lowest BCUT2D eigenvalue weighted by Gasteiger charge is -2.30. The first kappa shape index (κ1) is 20.6. The highest BCUT2D eigenvalue weighted by Gasteiger charge is 2.41. The second-order valence-electron chi connectivity index (χ2n) is 6.73. The molecule has 0 spiro atoms. The first-order valence-corrected chi connectivity index (χ1v) is 9.37. The molecule has 0 saturated carbocycles. The Hall–Kier alpha value is -3.15. The summed E-state index contributed by atoms with van der Waals surface area (Å²) < 4.78 is 29.7. The summed E-state index contributed by atoms with van der Waals surface area (Å²) in [7, 11) is 3.07. The minimum absolute atomic E-state index is 0.172. The molecule has 0 aliphatic heterocycles. The molecule has 0 N–H and O–H groups in total. The third kappa shape index (κ3) is 4.31. The van der Waals surface area contributed by atoms with Crippen LogP contribution < -0.4 is 9.47 Å². The predicted octanol–water partition coefficient (Wildman–Crippen LogP) is 4.16. The van der Waals surface area contributed by atoms with Crippen LogP contribution in [0.3, 0.4) is 0 Å². The number of hydrogen-bond acceptors (Lipinski definition) is 5. The van der Waals surface area contributed by atoms with Gasteiger partial charge >= 0.3 is 5.97 Å². The lowest BCUT2D eigenvalue weighted by molar-refractivity contribution is -0.151. The van der Waals surface area contributed by atoms with Crippen LogP contribution in [0.5, 0.6) is 11.5 Å². The maximum atomic E-state index is 13.7. The third-order valence-corrected chi connectivity index (χ3v) is 5.04. The molecule has 2 unspecified atom stereocenters. The number of carbonyl (C=O) groups is 2. The molecule has 2 aromatic rings. The first-order chi connectivity index (χ1) is 14.0. The molecule has 3 rings (SSSR count). The van der Waals surface area contributed by atoms with Crippen LogP contribution in [0.4, 0.5) is 4.39 Å². The summed E-state index contributed by atoms with van der Waals surface area (Å²) in [6.07, 6.45) is 1.77. The largest absolute Gasteiger partial charge is 0.497 e. The van der Waals surface area contributed by atoms with Crippen LogP contribution in [0.15, 0.2) is 48.5 Å². The number of ether oxygens (including phenoxy) is 3. The number of rotatable bonds is 6. The molecule has 0 aromatic heterocycles. The highest BCUT2D eigenvalue weighted by molar-refractivity contribution is 6.10. The fraction of sp³-hybridized carbons (Fsp3) is 0.304. The molecular formula is C23H23FO5. The third-order valence-electron chi connectivity index (χ3n) is 5.04. The van der Waals surface area contributed by atoms with E-state index in [2.05, 4.69) is 0 Å². The first-order valence-electron chi connectivity index (χ1n) is 9.37. The van der Waals surface area contributed by atoms with Crippen LogP contribution in [0.25, 0.3) is 5.57 Å². The fourth-order valence-corrected chi connectivity index (χ4v) is 3.69. The van der Waals surface area contributed by atoms with Crippen molar-refractivity contribution < 1.29 is 28.2 Å². The Bertz CT molecular complexity index is 950. The van der Waals surface area contributed by atoms with Gasteiger partial charge in [-0.3, -0.25) is 9.59 Å². The summed E-state index contributed by atoms with van der Waals surface area (Å²) in [5, 5.41) is 0. The zero-order valence-electron chi connectivity index (χ0n) is 16.6. The molecule has 2 aromatic carbocycles. The quantitative estimate of drug-likeness (QED) is 0.540. The smallest absolute Gasteiger partial charge is 0.317 e. The van der Waals surface area contributed by atoms with E-state index in [1.165, 1.54) is 25.3 Å². The summed E-state index contributed by atoms with van der Waals surface area (Å²) in [6, 6.07) is 11.3. The van der Waals surface area contributed by atoms with Gasteiger partial charge in [-0.1, -0.05) is 12.1 Å². The molecule has 0 heterocycles. The standard InChI is InChI=1S/C23H23FO5/c1-4-29-23(26)22-19(18-13-17(27-2)8-9-21(18)28-3)11-15(12-20(22)25)14-6-5-7-16(24)10-14/h5-10,12-13,19,22H,4,11H2,1-3H3. The van der Waals surface area contributed by atoms with Gasteiger partial charge in [0.25, 0.3) is 0 Å². The molecule has 1 aliphatic rings. The molecule has 0 saturated heterocycles. The number of benzene rings is 2. The number of esters is 1. The zero-order valence-corrected chi connectivity index (χ0v) is 16.6. The SMILES string of the molecule is CCOC(=O)C1C(=O)C=C(c2cccc(F)c2)CC1c1cc(OC)ccc1OC.